The molecule has 0 radical (unpaired) electrons. The monoisotopic (exact) mass is 339 g/mol. The van der Waals surface area contributed by atoms with E-state index in [-0.39, 0.29) is 10.6 Å². The van der Waals surface area contributed by atoms with Crippen LogP contribution in [-0.4, -0.2) is 54.5 Å². The van der Waals surface area contributed by atoms with Crippen LogP contribution in [0.1, 0.15) is 11.1 Å². The summed E-state index contributed by atoms with van der Waals surface area (Å²) < 4.78 is 0. The minimum atomic E-state index is -0.316. The standard InChI is InChI=1S/C20H25N3O2/c1-16-3-6-19(15-20(16)23(24)25)18-7-4-17(5-8-18)9-10-22-13-11-21(2)12-14-22/h3-8,15H,9-14H2,1-2H3. The van der Waals surface area contributed by atoms with Crippen LogP contribution in [0.5, 0.6) is 0 Å². The van der Waals surface area contributed by atoms with Crippen LogP contribution >= 0.6 is 0 Å². The number of nitrogens with zero attached hydrogens (tertiary/aromatic N) is 3. The van der Waals surface area contributed by atoms with E-state index in [0.717, 1.165) is 50.3 Å². The Bertz CT molecular complexity index is 735. The third-order valence-electron chi connectivity index (χ3n) is 5.01. The number of likely N-dealkylation sites (N-methyl/N-ethyl adjacent to an activating group) is 1. The highest BCUT2D eigenvalue weighted by Gasteiger charge is 2.14. The Morgan fingerprint density at radius 2 is 1.64 bits per heavy atom. The molecule has 1 saturated heterocycles. The van der Waals surface area contributed by atoms with Crippen LogP contribution in [0.25, 0.3) is 11.1 Å². The molecule has 1 aliphatic rings. The van der Waals surface area contributed by atoms with Gasteiger partial charge in [-0.1, -0.05) is 36.4 Å². The Labute approximate surface area is 149 Å². The van der Waals surface area contributed by atoms with Crippen LogP contribution < -0.4 is 0 Å². The maximum atomic E-state index is 11.1. The lowest BCUT2D eigenvalue weighted by molar-refractivity contribution is -0.385. The van der Waals surface area contributed by atoms with Crippen molar-refractivity contribution in [3.63, 3.8) is 0 Å². The second-order valence-electron chi connectivity index (χ2n) is 6.85. The molecule has 2 aromatic rings. The van der Waals surface area contributed by atoms with E-state index in [9.17, 15) is 10.1 Å². The van der Waals surface area contributed by atoms with Gasteiger partial charge in [0, 0.05) is 44.4 Å². The van der Waals surface area contributed by atoms with E-state index >= 15 is 0 Å². The van der Waals surface area contributed by atoms with Gasteiger partial charge in [-0.15, -0.1) is 0 Å². The summed E-state index contributed by atoms with van der Waals surface area (Å²) in [7, 11) is 2.17. The van der Waals surface area contributed by atoms with Crippen molar-refractivity contribution in [3.05, 3.63) is 63.7 Å². The van der Waals surface area contributed by atoms with Crippen molar-refractivity contribution in [1.82, 2.24) is 9.80 Å². The zero-order valence-corrected chi connectivity index (χ0v) is 14.9. The Morgan fingerprint density at radius 3 is 2.28 bits per heavy atom. The second kappa shape index (κ2) is 7.76. The summed E-state index contributed by atoms with van der Waals surface area (Å²) in [5.41, 5.74) is 4.09. The first-order valence-electron chi connectivity index (χ1n) is 8.78. The van der Waals surface area contributed by atoms with Crippen molar-refractivity contribution in [2.45, 2.75) is 13.3 Å². The fourth-order valence-electron chi connectivity index (χ4n) is 3.21. The number of hydrogen-bond donors (Lipinski definition) is 0. The van der Waals surface area contributed by atoms with Crippen molar-refractivity contribution in [2.75, 3.05) is 39.8 Å². The molecule has 0 aromatic heterocycles. The lowest BCUT2D eigenvalue weighted by Gasteiger charge is -2.32. The molecule has 1 aliphatic heterocycles. The largest absolute Gasteiger partial charge is 0.304 e. The Balaban J connectivity index is 1.64. The molecule has 0 atom stereocenters. The number of nitro benzene ring substituents is 1. The number of piperazine rings is 1. The quantitative estimate of drug-likeness (QED) is 0.619. The van der Waals surface area contributed by atoms with Gasteiger partial charge in [-0.05, 0) is 37.1 Å². The van der Waals surface area contributed by atoms with E-state index < -0.39 is 0 Å². The predicted octanol–water partition coefficient (Wildman–Crippen LogP) is 3.36. The first-order valence-corrected chi connectivity index (χ1v) is 8.78. The highest BCUT2D eigenvalue weighted by molar-refractivity contribution is 5.67. The van der Waals surface area contributed by atoms with E-state index in [1.165, 1.54) is 5.56 Å². The number of nitro groups is 1. The minimum Gasteiger partial charge on any atom is -0.304 e. The molecule has 25 heavy (non-hydrogen) atoms. The van der Waals surface area contributed by atoms with Gasteiger partial charge in [0.15, 0.2) is 0 Å². The van der Waals surface area contributed by atoms with Crippen LogP contribution in [0.2, 0.25) is 0 Å². The van der Waals surface area contributed by atoms with Gasteiger partial charge < -0.3 is 9.80 Å². The second-order valence-corrected chi connectivity index (χ2v) is 6.85. The van der Waals surface area contributed by atoms with E-state index in [1.807, 2.05) is 12.1 Å². The first kappa shape index (κ1) is 17.6. The third-order valence-corrected chi connectivity index (χ3v) is 5.01. The zero-order valence-electron chi connectivity index (χ0n) is 14.9. The summed E-state index contributed by atoms with van der Waals surface area (Å²) >= 11 is 0. The molecule has 0 saturated carbocycles. The Kier molecular flexibility index (Phi) is 5.46. The van der Waals surface area contributed by atoms with Crippen LogP contribution in [-0.2, 0) is 6.42 Å². The summed E-state index contributed by atoms with van der Waals surface area (Å²) in [5, 5.41) is 11.1. The molecule has 0 spiro atoms. The molecule has 3 rings (SSSR count). The molecule has 2 aromatic carbocycles. The first-order chi connectivity index (χ1) is 12.0. The average Bonchev–Trinajstić information content (AvgIpc) is 2.62. The van der Waals surface area contributed by atoms with Gasteiger partial charge in [0.1, 0.15) is 0 Å². The summed E-state index contributed by atoms with van der Waals surface area (Å²) in [6.07, 6.45) is 1.04. The minimum absolute atomic E-state index is 0.177. The topological polar surface area (TPSA) is 49.6 Å². The molecule has 1 fully saturated rings. The molecule has 0 aliphatic carbocycles. The smallest absolute Gasteiger partial charge is 0.272 e. The molecule has 0 bridgehead atoms. The normalized spacial score (nSPS) is 16.1. The summed E-state index contributed by atoms with van der Waals surface area (Å²) in [5.74, 6) is 0. The molecule has 0 amide bonds. The molecule has 0 N–H and O–H groups in total. The summed E-state index contributed by atoms with van der Waals surface area (Å²) in [6.45, 7) is 7.42. The Hall–Kier alpha value is -2.24. The van der Waals surface area contributed by atoms with Gasteiger partial charge in [-0.2, -0.15) is 0 Å². The lowest BCUT2D eigenvalue weighted by Crippen LogP contribution is -2.45. The predicted molar refractivity (Wildman–Crippen MR) is 101 cm³/mol. The van der Waals surface area contributed by atoms with Crippen molar-refractivity contribution in [2.24, 2.45) is 0 Å². The Morgan fingerprint density at radius 1 is 1.00 bits per heavy atom. The fourth-order valence-corrected chi connectivity index (χ4v) is 3.21. The number of rotatable bonds is 5. The van der Waals surface area contributed by atoms with Crippen molar-refractivity contribution in [3.8, 4) is 11.1 Å². The maximum Gasteiger partial charge on any atom is 0.272 e. The number of benzene rings is 2. The SMILES string of the molecule is Cc1ccc(-c2ccc(CCN3CCN(C)CC3)cc2)cc1[N+](=O)[O-]. The third kappa shape index (κ3) is 4.44. The average molecular weight is 339 g/mol. The van der Waals surface area contributed by atoms with E-state index in [2.05, 4.69) is 41.1 Å². The van der Waals surface area contributed by atoms with Crippen LogP contribution in [0.15, 0.2) is 42.5 Å². The van der Waals surface area contributed by atoms with Gasteiger partial charge in [0.05, 0.1) is 4.92 Å². The van der Waals surface area contributed by atoms with Crippen LogP contribution in [0, 0.1) is 17.0 Å². The van der Waals surface area contributed by atoms with Crippen LogP contribution in [0.3, 0.4) is 0 Å². The zero-order chi connectivity index (χ0) is 17.8. The molecule has 1 heterocycles. The van der Waals surface area contributed by atoms with Gasteiger partial charge in [0.25, 0.3) is 5.69 Å². The lowest BCUT2D eigenvalue weighted by atomic mass is 10.0. The van der Waals surface area contributed by atoms with Crippen molar-refractivity contribution >= 4 is 5.69 Å². The molecular formula is C20H25N3O2. The van der Waals surface area contributed by atoms with Crippen molar-refractivity contribution in [1.29, 1.82) is 0 Å². The highest BCUT2D eigenvalue weighted by Crippen LogP contribution is 2.27. The van der Waals surface area contributed by atoms with E-state index in [4.69, 9.17) is 0 Å². The van der Waals surface area contributed by atoms with Gasteiger partial charge in [-0.3, -0.25) is 10.1 Å². The summed E-state index contributed by atoms with van der Waals surface area (Å²) in [4.78, 5) is 15.7. The molecule has 5 heteroatoms. The highest BCUT2D eigenvalue weighted by atomic mass is 16.6. The van der Waals surface area contributed by atoms with Gasteiger partial charge in [-0.25, -0.2) is 0 Å². The molecular weight excluding hydrogens is 314 g/mol. The molecule has 132 valence electrons. The van der Waals surface area contributed by atoms with Crippen LogP contribution in [0.4, 0.5) is 5.69 Å². The summed E-state index contributed by atoms with van der Waals surface area (Å²) in [6, 6.07) is 13.8. The van der Waals surface area contributed by atoms with Gasteiger partial charge >= 0.3 is 0 Å². The fraction of sp³-hybridized carbons (Fsp3) is 0.400. The number of hydrogen-bond acceptors (Lipinski definition) is 4. The maximum absolute atomic E-state index is 11.1. The number of aryl methyl sites for hydroxylation is 1. The van der Waals surface area contributed by atoms with Crippen molar-refractivity contribution < 1.29 is 4.92 Å². The van der Waals surface area contributed by atoms with E-state index in [1.54, 1.807) is 13.0 Å². The van der Waals surface area contributed by atoms with Gasteiger partial charge in [0.2, 0.25) is 0 Å². The molecule has 0 unspecified atom stereocenters. The molecule has 5 nitrogen and oxygen atoms in total. The van der Waals surface area contributed by atoms with E-state index in [0.29, 0.717) is 5.56 Å².